The molecule has 12 heavy (non-hydrogen) atoms. The summed E-state index contributed by atoms with van der Waals surface area (Å²) in [5.41, 5.74) is 0.610. The molecule has 64 valence electrons. The zero-order valence-corrected chi connectivity index (χ0v) is 8.73. The molecule has 1 aromatic carbocycles. The number of hydrogen-bond donors (Lipinski definition) is 0. The van der Waals surface area contributed by atoms with Gasteiger partial charge in [0.15, 0.2) is 5.78 Å². The van der Waals surface area contributed by atoms with E-state index in [1.54, 1.807) is 12.1 Å². The van der Waals surface area contributed by atoms with E-state index in [2.05, 4.69) is 15.9 Å². The van der Waals surface area contributed by atoms with Crippen LogP contribution in [0.2, 0.25) is 5.02 Å². The van der Waals surface area contributed by atoms with Gasteiger partial charge in [-0.1, -0.05) is 39.7 Å². The summed E-state index contributed by atoms with van der Waals surface area (Å²) < 4.78 is 0. The molecule has 1 rings (SSSR count). The average Bonchev–Trinajstić information content (AvgIpc) is 2.05. The third-order valence-electron chi connectivity index (χ3n) is 1.50. The van der Waals surface area contributed by atoms with Crippen molar-refractivity contribution in [2.75, 3.05) is 5.33 Å². The van der Waals surface area contributed by atoms with E-state index in [-0.39, 0.29) is 5.78 Å². The van der Waals surface area contributed by atoms with Gasteiger partial charge in [-0.05, 0) is 12.1 Å². The lowest BCUT2D eigenvalue weighted by Gasteiger charge is -1.99. The molecule has 1 aromatic rings. The molecule has 0 unspecified atom stereocenters. The zero-order chi connectivity index (χ0) is 8.97. The first-order valence-electron chi connectivity index (χ1n) is 3.59. The van der Waals surface area contributed by atoms with E-state index in [1.165, 1.54) is 0 Å². The van der Waals surface area contributed by atoms with E-state index < -0.39 is 0 Å². The maximum atomic E-state index is 11.4. The predicted octanol–water partition coefficient (Wildman–Crippen LogP) is 3.31. The van der Waals surface area contributed by atoms with Gasteiger partial charge < -0.3 is 0 Å². The van der Waals surface area contributed by atoms with E-state index in [1.807, 2.05) is 12.1 Å². The van der Waals surface area contributed by atoms with Crippen molar-refractivity contribution in [1.82, 2.24) is 0 Å². The van der Waals surface area contributed by atoms with Crippen LogP contribution in [-0.2, 0) is 0 Å². The second-order valence-electron chi connectivity index (χ2n) is 2.34. The SMILES string of the molecule is O=C(CCBr)c1ccccc1Cl. The number of ketones is 1. The molecule has 0 atom stereocenters. The van der Waals surface area contributed by atoms with Gasteiger partial charge in [0, 0.05) is 17.3 Å². The summed E-state index contributed by atoms with van der Waals surface area (Å²) in [5, 5.41) is 1.21. The van der Waals surface area contributed by atoms with Crippen LogP contribution in [-0.4, -0.2) is 11.1 Å². The summed E-state index contributed by atoms with van der Waals surface area (Å²) in [6, 6.07) is 7.09. The summed E-state index contributed by atoms with van der Waals surface area (Å²) in [4.78, 5) is 11.4. The van der Waals surface area contributed by atoms with Crippen molar-refractivity contribution in [3.05, 3.63) is 34.9 Å². The standard InChI is InChI=1S/C9H8BrClO/c10-6-5-9(12)7-3-1-2-4-8(7)11/h1-4H,5-6H2. The minimum absolute atomic E-state index is 0.0810. The highest BCUT2D eigenvalue weighted by molar-refractivity contribution is 9.09. The van der Waals surface area contributed by atoms with Gasteiger partial charge in [0.05, 0.1) is 5.02 Å². The number of benzene rings is 1. The number of rotatable bonds is 3. The Morgan fingerprint density at radius 2 is 2.08 bits per heavy atom. The molecule has 0 radical (unpaired) electrons. The smallest absolute Gasteiger partial charge is 0.165 e. The lowest BCUT2D eigenvalue weighted by molar-refractivity contribution is 0.0990. The number of hydrogen-bond acceptors (Lipinski definition) is 1. The topological polar surface area (TPSA) is 17.1 Å². The van der Waals surface area contributed by atoms with Crippen LogP contribution in [0.25, 0.3) is 0 Å². The summed E-state index contributed by atoms with van der Waals surface area (Å²) in [6.07, 6.45) is 0.490. The van der Waals surface area contributed by atoms with Crippen LogP contribution in [0.1, 0.15) is 16.8 Å². The van der Waals surface area contributed by atoms with E-state index in [9.17, 15) is 4.79 Å². The number of halogens is 2. The highest BCUT2D eigenvalue weighted by Gasteiger charge is 2.07. The fourth-order valence-electron chi connectivity index (χ4n) is 0.908. The summed E-state index contributed by atoms with van der Waals surface area (Å²) in [7, 11) is 0. The van der Waals surface area contributed by atoms with Crippen LogP contribution in [0.3, 0.4) is 0 Å². The maximum absolute atomic E-state index is 11.4. The fraction of sp³-hybridized carbons (Fsp3) is 0.222. The van der Waals surface area contributed by atoms with Gasteiger partial charge in [0.2, 0.25) is 0 Å². The van der Waals surface area contributed by atoms with Gasteiger partial charge in [0.25, 0.3) is 0 Å². The summed E-state index contributed by atoms with van der Waals surface area (Å²) >= 11 is 9.03. The Bertz CT molecular complexity index is 286. The molecule has 0 saturated carbocycles. The Morgan fingerprint density at radius 3 is 2.67 bits per heavy atom. The Morgan fingerprint density at radius 1 is 1.42 bits per heavy atom. The molecule has 0 fully saturated rings. The van der Waals surface area contributed by atoms with Crippen molar-refractivity contribution in [3.63, 3.8) is 0 Å². The molecule has 0 saturated heterocycles. The second kappa shape index (κ2) is 4.63. The van der Waals surface area contributed by atoms with Crippen molar-refractivity contribution >= 4 is 33.3 Å². The van der Waals surface area contributed by atoms with Crippen LogP contribution in [0, 0.1) is 0 Å². The third kappa shape index (κ3) is 2.32. The van der Waals surface area contributed by atoms with Crippen molar-refractivity contribution in [1.29, 1.82) is 0 Å². The Balaban J connectivity index is 2.87. The van der Waals surface area contributed by atoms with Crippen molar-refractivity contribution in [2.24, 2.45) is 0 Å². The molecule has 1 nitrogen and oxygen atoms in total. The van der Waals surface area contributed by atoms with Gasteiger partial charge in [-0.2, -0.15) is 0 Å². The first-order valence-corrected chi connectivity index (χ1v) is 5.09. The monoisotopic (exact) mass is 246 g/mol. The van der Waals surface area contributed by atoms with Crippen molar-refractivity contribution < 1.29 is 4.79 Å². The predicted molar refractivity (Wildman–Crippen MR) is 54.2 cm³/mol. The highest BCUT2D eigenvalue weighted by Crippen LogP contribution is 2.16. The van der Waals surface area contributed by atoms with Gasteiger partial charge in [-0.3, -0.25) is 4.79 Å². The van der Waals surface area contributed by atoms with Gasteiger partial charge in [-0.15, -0.1) is 0 Å². The van der Waals surface area contributed by atoms with E-state index >= 15 is 0 Å². The number of alkyl halides is 1. The lowest BCUT2D eigenvalue weighted by Crippen LogP contribution is -1.99. The second-order valence-corrected chi connectivity index (χ2v) is 3.54. The van der Waals surface area contributed by atoms with Crippen LogP contribution in [0.15, 0.2) is 24.3 Å². The van der Waals surface area contributed by atoms with Crippen LogP contribution >= 0.6 is 27.5 Å². The Labute approximate surface area is 84.9 Å². The average molecular weight is 248 g/mol. The third-order valence-corrected chi connectivity index (χ3v) is 2.22. The molecule has 0 aliphatic heterocycles. The molecule has 0 spiro atoms. The maximum Gasteiger partial charge on any atom is 0.165 e. The quantitative estimate of drug-likeness (QED) is 0.592. The minimum Gasteiger partial charge on any atom is -0.294 e. The first kappa shape index (κ1) is 9.75. The number of carbonyl (C=O) groups excluding carboxylic acids is 1. The number of Topliss-reactive ketones (excluding diaryl/α,β-unsaturated/α-hetero) is 1. The molecule has 0 aliphatic carbocycles. The molecule has 0 heterocycles. The Kier molecular flexibility index (Phi) is 3.76. The fourth-order valence-corrected chi connectivity index (χ4v) is 1.51. The summed E-state index contributed by atoms with van der Waals surface area (Å²) in [5.74, 6) is 0.0810. The largest absolute Gasteiger partial charge is 0.294 e. The van der Waals surface area contributed by atoms with Crippen LogP contribution in [0.4, 0.5) is 0 Å². The molecule has 0 amide bonds. The van der Waals surface area contributed by atoms with E-state index in [0.717, 1.165) is 0 Å². The molecular formula is C9H8BrClO. The highest BCUT2D eigenvalue weighted by atomic mass is 79.9. The molecule has 3 heteroatoms. The lowest BCUT2D eigenvalue weighted by atomic mass is 10.1. The van der Waals surface area contributed by atoms with Crippen LogP contribution < -0.4 is 0 Å². The van der Waals surface area contributed by atoms with E-state index in [4.69, 9.17) is 11.6 Å². The molecule has 0 aliphatic rings. The van der Waals surface area contributed by atoms with Gasteiger partial charge >= 0.3 is 0 Å². The number of carbonyl (C=O) groups is 1. The van der Waals surface area contributed by atoms with Crippen LogP contribution in [0.5, 0.6) is 0 Å². The molecular weight excluding hydrogens is 239 g/mol. The van der Waals surface area contributed by atoms with Gasteiger partial charge in [0.1, 0.15) is 0 Å². The van der Waals surface area contributed by atoms with Crippen molar-refractivity contribution in [3.8, 4) is 0 Å². The zero-order valence-electron chi connectivity index (χ0n) is 6.39. The molecule has 0 aromatic heterocycles. The van der Waals surface area contributed by atoms with Gasteiger partial charge in [-0.25, -0.2) is 0 Å². The first-order chi connectivity index (χ1) is 5.75. The Hall–Kier alpha value is -0.340. The summed E-state index contributed by atoms with van der Waals surface area (Å²) in [6.45, 7) is 0. The normalized spacial score (nSPS) is 9.83. The van der Waals surface area contributed by atoms with Crippen molar-refractivity contribution in [2.45, 2.75) is 6.42 Å². The minimum atomic E-state index is 0.0810. The molecule has 0 N–H and O–H groups in total. The molecule has 0 bridgehead atoms. The van der Waals surface area contributed by atoms with E-state index in [0.29, 0.717) is 22.3 Å².